The molecule has 5 rings (SSSR count). The number of halogens is 1. The van der Waals surface area contributed by atoms with E-state index in [-0.39, 0.29) is 18.0 Å². The van der Waals surface area contributed by atoms with Gasteiger partial charge in [-0.05, 0) is 36.8 Å². The largest absolute Gasteiger partial charge is 0.454 e. The molecule has 1 amide bonds. The lowest BCUT2D eigenvalue weighted by Gasteiger charge is -2.16. The minimum atomic E-state index is -0.0697. The molecule has 0 fully saturated rings. The van der Waals surface area contributed by atoms with Crippen molar-refractivity contribution in [2.45, 2.75) is 12.2 Å². The highest BCUT2D eigenvalue weighted by molar-refractivity contribution is 8.00. The average molecular weight is 414 g/mol. The number of benzene rings is 2. The lowest BCUT2D eigenvalue weighted by atomic mass is 10.0. The van der Waals surface area contributed by atoms with Gasteiger partial charge in [-0.1, -0.05) is 29.8 Å². The summed E-state index contributed by atoms with van der Waals surface area (Å²) in [4.78, 5) is 12.4. The summed E-state index contributed by atoms with van der Waals surface area (Å²) in [6.45, 7) is 2.18. The van der Waals surface area contributed by atoms with Crippen molar-refractivity contribution < 1.29 is 14.3 Å². The maximum atomic E-state index is 12.4. The molecule has 0 saturated heterocycles. The SMILES string of the molecule is Cc1nn(-c2ccccc2Cl)c2c1C(c1ccc3c(c1)OCO3)SCC(=O)N2. The van der Waals surface area contributed by atoms with E-state index < -0.39 is 0 Å². The highest BCUT2D eigenvalue weighted by atomic mass is 35.5. The van der Waals surface area contributed by atoms with Gasteiger partial charge in [-0.2, -0.15) is 5.10 Å². The number of carbonyl (C=O) groups excluding carboxylic acids is 1. The van der Waals surface area contributed by atoms with Gasteiger partial charge < -0.3 is 14.8 Å². The summed E-state index contributed by atoms with van der Waals surface area (Å²) in [5.41, 5.74) is 3.57. The Morgan fingerprint density at radius 1 is 1.21 bits per heavy atom. The van der Waals surface area contributed by atoms with Crippen LogP contribution in [0, 0.1) is 6.92 Å². The second-order valence-electron chi connectivity index (χ2n) is 6.56. The van der Waals surface area contributed by atoms with Gasteiger partial charge in [0, 0.05) is 5.56 Å². The molecule has 2 aromatic carbocycles. The maximum Gasteiger partial charge on any atom is 0.235 e. The number of nitrogens with zero attached hydrogens (tertiary/aromatic N) is 2. The number of thioether (sulfide) groups is 1. The maximum absolute atomic E-state index is 12.4. The van der Waals surface area contributed by atoms with Crippen LogP contribution < -0.4 is 14.8 Å². The monoisotopic (exact) mass is 413 g/mol. The number of hydrogen-bond donors (Lipinski definition) is 1. The third-order valence-electron chi connectivity index (χ3n) is 4.79. The number of carbonyl (C=O) groups is 1. The number of ether oxygens (including phenoxy) is 2. The molecule has 1 N–H and O–H groups in total. The van der Waals surface area contributed by atoms with E-state index in [2.05, 4.69) is 5.32 Å². The van der Waals surface area contributed by atoms with Crippen LogP contribution in [0.1, 0.15) is 22.1 Å². The molecule has 8 heteroatoms. The van der Waals surface area contributed by atoms with E-state index in [9.17, 15) is 4.79 Å². The molecule has 0 aliphatic carbocycles. The zero-order valence-electron chi connectivity index (χ0n) is 14.9. The fraction of sp³-hybridized carbons (Fsp3) is 0.200. The van der Waals surface area contributed by atoms with Crippen molar-refractivity contribution in [3.63, 3.8) is 0 Å². The van der Waals surface area contributed by atoms with Crippen molar-refractivity contribution in [1.29, 1.82) is 0 Å². The highest BCUT2D eigenvalue weighted by Gasteiger charge is 2.31. The second kappa shape index (κ2) is 6.76. The fourth-order valence-electron chi connectivity index (χ4n) is 3.52. The van der Waals surface area contributed by atoms with Gasteiger partial charge in [0.25, 0.3) is 0 Å². The summed E-state index contributed by atoms with van der Waals surface area (Å²) in [6.07, 6.45) is 0. The number of anilines is 1. The summed E-state index contributed by atoms with van der Waals surface area (Å²) >= 11 is 7.96. The van der Waals surface area contributed by atoms with Crippen LogP contribution in [0.15, 0.2) is 42.5 Å². The van der Waals surface area contributed by atoms with Crippen LogP contribution in [0.4, 0.5) is 5.82 Å². The molecule has 0 bridgehead atoms. The number of nitrogens with one attached hydrogen (secondary N) is 1. The molecule has 3 heterocycles. The lowest BCUT2D eigenvalue weighted by molar-refractivity contribution is -0.113. The van der Waals surface area contributed by atoms with E-state index in [0.29, 0.717) is 16.6 Å². The minimum Gasteiger partial charge on any atom is -0.454 e. The minimum absolute atomic E-state index is 0.0669. The van der Waals surface area contributed by atoms with E-state index in [1.807, 2.05) is 49.4 Å². The first-order valence-electron chi connectivity index (χ1n) is 8.77. The van der Waals surface area contributed by atoms with E-state index in [4.69, 9.17) is 26.2 Å². The zero-order valence-corrected chi connectivity index (χ0v) is 16.5. The molecule has 3 aromatic rings. The molecular formula is C20H16ClN3O3S. The van der Waals surface area contributed by atoms with Crippen molar-refractivity contribution in [3.8, 4) is 17.2 Å². The van der Waals surface area contributed by atoms with E-state index in [1.54, 1.807) is 16.4 Å². The Kier molecular flexibility index (Phi) is 4.21. The van der Waals surface area contributed by atoms with Crippen LogP contribution in [0.2, 0.25) is 5.02 Å². The topological polar surface area (TPSA) is 65.4 Å². The van der Waals surface area contributed by atoms with Crippen LogP contribution in [0.5, 0.6) is 11.5 Å². The van der Waals surface area contributed by atoms with Gasteiger partial charge in [0.15, 0.2) is 11.5 Å². The second-order valence-corrected chi connectivity index (χ2v) is 8.06. The molecule has 2 aliphatic heterocycles. The molecule has 0 spiro atoms. The van der Waals surface area contributed by atoms with Crippen LogP contribution in [-0.2, 0) is 4.79 Å². The van der Waals surface area contributed by atoms with Gasteiger partial charge in [-0.3, -0.25) is 4.79 Å². The van der Waals surface area contributed by atoms with Gasteiger partial charge >= 0.3 is 0 Å². The smallest absolute Gasteiger partial charge is 0.235 e. The molecule has 1 unspecified atom stereocenters. The third kappa shape index (κ3) is 2.82. The Bertz CT molecular complexity index is 1100. The van der Waals surface area contributed by atoms with E-state index >= 15 is 0 Å². The number of aryl methyl sites for hydroxylation is 1. The molecular weight excluding hydrogens is 398 g/mol. The first-order valence-corrected chi connectivity index (χ1v) is 10.2. The molecule has 6 nitrogen and oxygen atoms in total. The number of aromatic nitrogens is 2. The molecule has 0 saturated carbocycles. The number of fused-ring (bicyclic) bond motifs is 2. The van der Waals surface area contributed by atoms with Crippen LogP contribution in [0.3, 0.4) is 0 Å². The van der Waals surface area contributed by atoms with Gasteiger partial charge in [0.2, 0.25) is 12.7 Å². The summed E-state index contributed by atoms with van der Waals surface area (Å²) in [7, 11) is 0. The standard InChI is InChI=1S/C20H16ClN3O3S/c1-11-18-19(12-6-7-15-16(8-12)27-10-26-15)28-9-17(25)22-20(18)24(23-11)14-5-3-2-4-13(14)21/h2-8,19H,9-10H2,1H3,(H,22,25). The first-order chi connectivity index (χ1) is 13.6. The van der Waals surface area contributed by atoms with Gasteiger partial charge in [-0.25, -0.2) is 4.68 Å². The Balaban J connectivity index is 1.67. The number of amides is 1. The Morgan fingerprint density at radius 3 is 2.89 bits per heavy atom. The molecule has 1 aromatic heterocycles. The van der Waals surface area contributed by atoms with Crippen LogP contribution in [0.25, 0.3) is 5.69 Å². The number of para-hydroxylation sites is 1. The van der Waals surface area contributed by atoms with Gasteiger partial charge in [0.1, 0.15) is 5.82 Å². The Labute approximate surface area is 170 Å². The van der Waals surface area contributed by atoms with Gasteiger partial charge in [0.05, 0.1) is 27.4 Å². The molecule has 0 radical (unpaired) electrons. The summed E-state index contributed by atoms with van der Waals surface area (Å²) < 4.78 is 12.7. The van der Waals surface area contributed by atoms with Gasteiger partial charge in [-0.15, -0.1) is 11.8 Å². The Morgan fingerprint density at radius 2 is 2.04 bits per heavy atom. The van der Waals surface area contributed by atoms with E-state index in [1.165, 1.54) is 0 Å². The predicted molar refractivity (Wildman–Crippen MR) is 109 cm³/mol. The van der Waals surface area contributed by atoms with Crippen LogP contribution in [-0.4, -0.2) is 28.2 Å². The highest BCUT2D eigenvalue weighted by Crippen LogP contribution is 2.46. The molecule has 142 valence electrons. The summed E-state index contributed by atoms with van der Waals surface area (Å²) in [5, 5.41) is 8.21. The molecule has 1 atom stereocenters. The van der Waals surface area contributed by atoms with Crippen molar-refractivity contribution in [3.05, 3.63) is 64.3 Å². The fourth-order valence-corrected chi connectivity index (χ4v) is 4.91. The molecule has 2 aliphatic rings. The predicted octanol–water partition coefficient (Wildman–Crippen LogP) is 4.34. The van der Waals surface area contributed by atoms with E-state index in [0.717, 1.165) is 34.0 Å². The summed E-state index contributed by atoms with van der Waals surface area (Å²) in [6, 6.07) is 13.4. The van der Waals surface area contributed by atoms with Crippen molar-refractivity contribution in [2.24, 2.45) is 0 Å². The lowest BCUT2D eigenvalue weighted by Crippen LogP contribution is -2.16. The zero-order chi connectivity index (χ0) is 19.3. The average Bonchev–Trinajstić information content (AvgIpc) is 3.22. The van der Waals surface area contributed by atoms with Crippen molar-refractivity contribution in [2.75, 3.05) is 17.9 Å². The Hall–Kier alpha value is -2.64. The normalized spacial score (nSPS) is 17.8. The number of rotatable bonds is 2. The van der Waals surface area contributed by atoms with Crippen molar-refractivity contribution in [1.82, 2.24) is 9.78 Å². The third-order valence-corrected chi connectivity index (χ3v) is 6.38. The van der Waals surface area contributed by atoms with Crippen LogP contribution >= 0.6 is 23.4 Å². The number of hydrogen-bond acceptors (Lipinski definition) is 5. The quantitative estimate of drug-likeness (QED) is 0.677. The first kappa shape index (κ1) is 17.5. The van der Waals surface area contributed by atoms with Crippen molar-refractivity contribution >= 4 is 35.1 Å². The summed E-state index contributed by atoms with van der Waals surface area (Å²) in [5.74, 6) is 2.39. The molecule has 28 heavy (non-hydrogen) atoms.